The second kappa shape index (κ2) is 5.52. The molecule has 0 spiro atoms. The Bertz CT molecular complexity index is 796. The van der Waals surface area contributed by atoms with Crippen LogP contribution < -0.4 is 5.32 Å². The summed E-state index contributed by atoms with van der Waals surface area (Å²) in [6.07, 6.45) is 0. The number of nitrogens with zero attached hydrogens (tertiary/aromatic N) is 1. The molecule has 106 valence electrons. The van der Waals surface area contributed by atoms with Crippen LogP contribution >= 0.6 is 0 Å². The summed E-state index contributed by atoms with van der Waals surface area (Å²) in [5.41, 5.74) is 5.00. The summed E-state index contributed by atoms with van der Waals surface area (Å²) in [7, 11) is 0. The molecule has 0 radical (unpaired) electrons. The van der Waals surface area contributed by atoms with Crippen LogP contribution in [0.5, 0.6) is 0 Å². The van der Waals surface area contributed by atoms with Gasteiger partial charge in [0.1, 0.15) is 5.82 Å². The molecular formula is C18H17FN2. The van der Waals surface area contributed by atoms with Crippen LogP contribution in [0, 0.1) is 19.7 Å². The zero-order valence-electron chi connectivity index (χ0n) is 12.2. The molecule has 1 N–H and O–H groups in total. The van der Waals surface area contributed by atoms with Gasteiger partial charge in [0.25, 0.3) is 0 Å². The number of rotatable bonds is 3. The lowest BCUT2D eigenvalue weighted by atomic mass is 10.1. The Morgan fingerprint density at radius 3 is 2.71 bits per heavy atom. The molecule has 0 saturated heterocycles. The largest absolute Gasteiger partial charge is 0.379 e. The van der Waals surface area contributed by atoms with Crippen molar-refractivity contribution in [3.05, 3.63) is 71.2 Å². The fourth-order valence-corrected chi connectivity index (χ4v) is 2.44. The molecule has 0 aliphatic heterocycles. The Balaban J connectivity index is 1.90. The van der Waals surface area contributed by atoms with Crippen LogP contribution in [0.25, 0.3) is 10.9 Å². The van der Waals surface area contributed by atoms with E-state index in [1.807, 2.05) is 38.1 Å². The number of benzene rings is 2. The van der Waals surface area contributed by atoms with Crippen LogP contribution in [0.2, 0.25) is 0 Å². The molecule has 0 aliphatic carbocycles. The van der Waals surface area contributed by atoms with E-state index in [2.05, 4.69) is 22.4 Å². The van der Waals surface area contributed by atoms with Crippen molar-refractivity contribution in [1.82, 2.24) is 4.98 Å². The molecular weight excluding hydrogens is 263 g/mol. The molecule has 0 aliphatic rings. The number of nitrogens with one attached hydrogen (secondary N) is 1. The van der Waals surface area contributed by atoms with Crippen LogP contribution in [-0.2, 0) is 6.54 Å². The highest BCUT2D eigenvalue weighted by atomic mass is 19.1. The van der Waals surface area contributed by atoms with Gasteiger partial charge in [0.05, 0.1) is 11.2 Å². The monoisotopic (exact) mass is 280 g/mol. The van der Waals surface area contributed by atoms with Gasteiger partial charge in [-0.3, -0.25) is 4.98 Å². The summed E-state index contributed by atoms with van der Waals surface area (Å²) < 4.78 is 13.1. The normalized spacial score (nSPS) is 10.8. The average molecular weight is 280 g/mol. The number of hydrogen-bond acceptors (Lipinski definition) is 2. The van der Waals surface area contributed by atoms with Gasteiger partial charge in [0.15, 0.2) is 0 Å². The molecule has 0 fully saturated rings. The van der Waals surface area contributed by atoms with Gasteiger partial charge in [0.2, 0.25) is 0 Å². The van der Waals surface area contributed by atoms with Gasteiger partial charge >= 0.3 is 0 Å². The van der Waals surface area contributed by atoms with Crippen molar-refractivity contribution in [3.63, 3.8) is 0 Å². The van der Waals surface area contributed by atoms with E-state index in [-0.39, 0.29) is 5.82 Å². The van der Waals surface area contributed by atoms with E-state index in [1.54, 1.807) is 6.07 Å². The van der Waals surface area contributed by atoms with Crippen molar-refractivity contribution in [3.8, 4) is 0 Å². The van der Waals surface area contributed by atoms with Crippen molar-refractivity contribution >= 4 is 16.6 Å². The number of anilines is 1. The van der Waals surface area contributed by atoms with E-state index >= 15 is 0 Å². The lowest BCUT2D eigenvalue weighted by Crippen LogP contribution is -2.03. The van der Waals surface area contributed by atoms with Crippen molar-refractivity contribution < 1.29 is 4.39 Å². The fourth-order valence-electron chi connectivity index (χ4n) is 2.44. The smallest absolute Gasteiger partial charge is 0.123 e. The first-order valence-electron chi connectivity index (χ1n) is 6.99. The predicted molar refractivity (Wildman–Crippen MR) is 84.9 cm³/mol. The van der Waals surface area contributed by atoms with E-state index in [1.165, 1.54) is 6.07 Å². The lowest BCUT2D eigenvalue weighted by molar-refractivity contribution is 0.625. The van der Waals surface area contributed by atoms with Crippen LogP contribution in [0.15, 0.2) is 48.5 Å². The number of aromatic nitrogens is 1. The van der Waals surface area contributed by atoms with Gasteiger partial charge in [-0.25, -0.2) is 4.39 Å². The van der Waals surface area contributed by atoms with Crippen LogP contribution in [0.4, 0.5) is 10.1 Å². The molecule has 0 atom stereocenters. The summed E-state index contributed by atoms with van der Waals surface area (Å²) in [6, 6.07) is 15.0. The highest BCUT2D eigenvalue weighted by Crippen LogP contribution is 2.22. The lowest BCUT2D eigenvalue weighted by Gasteiger charge is -2.11. The molecule has 0 bridgehead atoms. The molecule has 3 rings (SSSR count). The minimum atomic E-state index is -0.196. The number of para-hydroxylation sites is 1. The number of halogens is 1. The quantitative estimate of drug-likeness (QED) is 0.758. The molecule has 2 aromatic carbocycles. The average Bonchev–Trinajstić information content (AvgIpc) is 2.46. The standard InChI is InChI=1S/C18H17FN2/c1-12-10-16(19)9-8-15(12)11-20-17-5-3-4-14-7-6-13(2)21-18(14)17/h3-10,20H,11H2,1-2H3. The fraction of sp³-hybridized carbons (Fsp3) is 0.167. The Morgan fingerprint density at radius 2 is 1.90 bits per heavy atom. The van der Waals surface area contributed by atoms with Crippen molar-refractivity contribution in [2.75, 3.05) is 5.32 Å². The van der Waals surface area contributed by atoms with Gasteiger partial charge in [-0.15, -0.1) is 0 Å². The molecule has 21 heavy (non-hydrogen) atoms. The van der Waals surface area contributed by atoms with Crippen LogP contribution in [0.3, 0.4) is 0 Å². The maximum absolute atomic E-state index is 13.1. The molecule has 0 amide bonds. The summed E-state index contributed by atoms with van der Waals surface area (Å²) in [5.74, 6) is -0.196. The summed E-state index contributed by atoms with van der Waals surface area (Å²) in [5, 5.41) is 4.52. The van der Waals surface area contributed by atoms with Gasteiger partial charge < -0.3 is 5.32 Å². The molecule has 0 unspecified atom stereocenters. The Hall–Kier alpha value is -2.42. The van der Waals surface area contributed by atoms with Gasteiger partial charge in [-0.2, -0.15) is 0 Å². The van der Waals surface area contributed by atoms with E-state index in [9.17, 15) is 4.39 Å². The molecule has 0 saturated carbocycles. The maximum atomic E-state index is 13.1. The third-order valence-corrected chi connectivity index (χ3v) is 3.63. The second-order valence-corrected chi connectivity index (χ2v) is 5.25. The zero-order chi connectivity index (χ0) is 14.8. The van der Waals surface area contributed by atoms with Gasteiger partial charge in [0, 0.05) is 17.6 Å². The molecule has 1 heterocycles. The topological polar surface area (TPSA) is 24.9 Å². The number of hydrogen-bond donors (Lipinski definition) is 1. The molecule has 3 heteroatoms. The van der Waals surface area contributed by atoms with Gasteiger partial charge in [-0.05, 0) is 49.2 Å². The Kier molecular flexibility index (Phi) is 3.57. The zero-order valence-corrected chi connectivity index (χ0v) is 12.2. The summed E-state index contributed by atoms with van der Waals surface area (Å²) >= 11 is 0. The minimum Gasteiger partial charge on any atom is -0.379 e. The first-order chi connectivity index (χ1) is 10.1. The van der Waals surface area contributed by atoms with E-state index in [0.717, 1.165) is 33.4 Å². The third kappa shape index (κ3) is 2.87. The number of pyridine rings is 1. The summed E-state index contributed by atoms with van der Waals surface area (Å²) in [4.78, 5) is 4.60. The van der Waals surface area contributed by atoms with Crippen molar-refractivity contribution in [1.29, 1.82) is 0 Å². The predicted octanol–water partition coefficient (Wildman–Crippen LogP) is 4.60. The Morgan fingerprint density at radius 1 is 1.05 bits per heavy atom. The van der Waals surface area contributed by atoms with E-state index < -0.39 is 0 Å². The van der Waals surface area contributed by atoms with E-state index in [0.29, 0.717) is 6.54 Å². The number of fused-ring (bicyclic) bond motifs is 1. The van der Waals surface area contributed by atoms with E-state index in [4.69, 9.17) is 0 Å². The highest BCUT2D eigenvalue weighted by Gasteiger charge is 2.04. The Labute approximate surface area is 123 Å². The minimum absolute atomic E-state index is 0.196. The SMILES string of the molecule is Cc1ccc2cccc(NCc3ccc(F)cc3C)c2n1. The first-order valence-corrected chi connectivity index (χ1v) is 6.99. The first kappa shape index (κ1) is 13.6. The molecule has 2 nitrogen and oxygen atoms in total. The summed E-state index contributed by atoms with van der Waals surface area (Å²) in [6.45, 7) is 4.56. The molecule has 1 aromatic heterocycles. The second-order valence-electron chi connectivity index (χ2n) is 5.25. The third-order valence-electron chi connectivity index (χ3n) is 3.63. The van der Waals surface area contributed by atoms with Crippen LogP contribution in [-0.4, -0.2) is 4.98 Å². The molecule has 3 aromatic rings. The van der Waals surface area contributed by atoms with Crippen molar-refractivity contribution in [2.24, 2.45) is 0 Å². The van der Waals surface area contributed by atoms with Crippen LogP contribution in [0.1, 0.15) is 16.8 Å². The maximum Gasteiger partial charge on any atom is 0.123 e. The highest BCUT2D eigenvalue weighted by molar-refractivity contribution is 5.90. The van der Waals surface area contributed by atoms with Gasteiger partial charge in [-0.1, -0.05) is 24.3 Å². The van der Waals surface area contributed by atoms with Crippen molar-refractivity contribution in [2.45, 2.75) is 20.4 Å². The number of aryl methyl sites for hydroxylation is 2.